The minimum Gasteiger partial charge on any atom is -0.240 e. The summed E-state index contributed by atoms with van der Waals surface area (Å²) in [5.41, 5.74) is 1.12. The molecule has 0 fully saturated rings. The van der Waals surface area contributed by atoms with Crippen molar-refractivity contribution in [3.05, 3.63) is 35.9 Å². The van der Waals surface area contributed by atoms with Gasteiger partial charge in [-0.25, -0.2) is 23.0 Å². The lowest BCUT2D eigenvalue weighted by atomic mass is 10.2. The lowest BCUT2D eigenvalue weighted by molar-refractivity contribution is -0.282. The highest BCUT2D eigenvalue weighted by Gasteiger charge is 1.88. The zero-order valence-corrected chi connectivity index (χ0v) is 9.42. The van der Waals surface area contributed by atoms with Gasteiger partial charge in [0.05, 0.1) is 7.11 Å². The van der Waals surface area contributed by atoms with Gasteiger partial charge in [-0.3, -0.25) is 0 Å². The van der Waals surface area contributed by atoms with Gasteiger partial charge in [0.25, 0.3) is 17.0 Å². The number of hydrogen-bond donors (Lipinski definition) is 1. The molecule has 88 valence electrons. The molecular weight excluding hydrogens is 234 g/mol. The molecule has 0 aromatic heterocycles. The Balaban J connectivity index is 0.000000325. The van der Waals surface area contributed by atoms with Crippen molar-refractivity contribution in [2.75, 3.05) is 7.11 Å². The third kappa shape index (κ3) is 9.04. The van der Waals surface area contributed by atoms with E-state index in [0.29, 0.717) is 6.61 Å². The molecule has 0 unspecified atom stereocenters. The van der Waals surface area contributed by atoms with Crippen LogP contribution in [-0.4, -0.2) is 21.6 Å². The van der Waals surface area contributed by atoms with Crippen molar-refractivity contribution in [2.24, 2.45) is 4.40 Å². The summed E-state index contributed by atoms with van der Waals surface area (Å²) in [4.78, 5) is 18.1. The van der Waals surface area contributed by atoms with Gasteiger partial charge >= 0.3 is 0 Å². The summed E-state index contributed by atoms with van der Waals surface area (Å²) in [6.45, 7) is 0.511. The molecule has 0 spiro atoms. The predicted octanol–water partition coefficient (Wildman–Crippen LogP) is 0.613. The lowest BCUT2D eigenvalue weighted by Gasteiger charge is -1.97. The molecule has 0 saturated carbocycles. The molecule has 0 amide bonds. The second-order valence-electron chi connectivity index (χ2n) is 2.34. The normalized spacial score (nSPS) is 8.88. The van der Waals surface area contributed by atoms with Crippen LogP contribution in [0.1, 0.15) is 5.56 Å². The largest absolute Gasteiger partial charge is 0.253 e. The minimum atomic E-state index is -2.90. The van der Waals surface area contributed by atoms with E-state index in [1.807, 2.05) is 30.3 Å². The van der Waals surface area contributed by atoms with Crippen LogP contribution < -0.4 is 0 Å². The van der Waals surface area contributed by atoms with E-state index >= 15 is 0 Å². The molecule has 6 nitrogen and oxygen atoms in total. The first-order valence-corrected chi connectivity index (χ1v) is 5.25. The lowest BCUT2D eigenvalue weighted by Crippen LogP contribution is -1.89. The molecular formula is C9H11NO5S. The molecule has 16 heavy (non-hydrogen) atoms. The Hall–Kier alpha value is -1.53. The second kappa shape index (κ2) is 10.0. The summed E-state index contributed by atoms with van der Waals surface area (Å²) in [6.07, 6.45) is 0.846. The number of carbonyl (C=O) groups excluding carboxylic acids is 1. The zero-order chi connectivity index (χ0) is 12.2. The van der Waals surface area contributed by atoms with Crippen LogP contribution in [0.15, 0.2) is 34.7 Å². The van der Waals surface area contributed by atoms with Crippen LogP contribution in [0.4, 0.5) is 0 Å². The van der Waals surface area contributed by atoms with Gasteiger partial charge in [0.1, 0.15) is 6.61 Å². The van der Waals surface area contributed by atoms with E-state index in [4.69, 9.17) is 9.68 Å². The van der Waals surface area contributed by atoms with Gasteiger partial charge in [-0.05, 0) is 5.56 Å². The summed E-state index contributed by atoms with van der Waals surface area (Å²) in [5, 5.41) is 0. The Bertz CT molecular complexity index is 390. The van der Waals surface area contributed by atoms with E-state index in [0.717, 1.165) is 11.6 Å². The second-order valence-corrected chi connectivity index (χ2v) is 3.02. The van der Waals surface area contributed by atoms with Crippen LogP contribution >= 0.6 is 0 Å². The van der Waals surface area contributed by atoms with Crippen molar-refractivity contribution in [3.63, 3.8) is 0 Å². The molecule has 1 rings (SSSR count). The summed E-state index contributed by atoms with van der Waals surface area (Å²) >= 11 is 0. The highest BCUT2D eigenvalue weighted by Crippen LogP contribution is 1.99. The Labute approximate surface area is 94.5 Å². The predicted molar refractivity (Wildman–Crippen MR) is 56.7 cm³/mol. The minimum absolute atomic E-state index is 0.511. The molecule has 1 aromatic carbocycles. The molecule has 1 aromatic rings. The number of isocyanates is 1. The molecule has 0 atom stereocenters. The van der Waals surface area contributed by atoms with Gasteiger partial charge in [0, 0.05) is 0 Å². The van der Waals surface area contributed by atoms with Gasteiger partial charge in [-0.1, -0.05) is 34.7 Å². The quantitative estimate of drug-likeness (QED) is 0.276. The van der Waals surface area contributed by atoms with Gasteiger partial charge in [0.15, 0.2) is 0 Å². The Morgan fingerprint density at radius 3 is 2.31 bits per heavy atom. The van der Waals surface area contributed by atoms with E-state index in [1.165, 1.54) is 7.11 Å². The van der Waals surface area contributed by atoms with Gasteiger partial charge < -0.3 is 0 Å². The Morgan fingerprint density at radius 1 is 1.31 bits per heavy atom. The Morgan fingerprint density at radius 2 is 1.94 bits per heavy atom. The molecule has 0 saturated heterocycles. The molecule has 0 N–H and O–H groups in total. The summed E-state index contributed by atoms with van der Waals surface area (Å²) < 4.78 is 20.7. The van der Waals surface area contributed by atoms with E-state index in [-0.39, 0.29) is 0 Å². The molecule has 0 radical (unpaired) electrons. The topological polar surface area (TPSA) is 82.0 Å². The fourth-order valence-corrected chi connectivity index (χ4v) is 0.801. The Kier molecular flexibility index (Phi) is 9.05. The fourth-order valence-electron chi connectivity index (χ4n) is 0.735. The van der Waals surface area contributed by atoms with E-state index in [1.54, 1.807) is 0 Å². The van der Waals surface area contributed by atoms with Crippen LogP contribution in [0.5, 0.6) is 0 Å². The maximum Gasteiger partial charge on any atom is 0.253 e. The standard InChI is InChI=1S/C8H10O2.CHNO3S/c1-9-10-7-8-5-3-2-4-6-8;3-1-2-6(4)5/h2-6H,7H2,1H3;6H. The summed E-state index contributed by atoms with van der Waals surface area (Å²) in [7, 11) is -1.40. The monoisotopic (exact) mass is 245 g/mol. The van der Waals surface area contributed by atoms with Crippen molar-refractivity contribution in [2.45, 2.75) is 6.61 Å². The van der Waals surface area contributed by atoms with Crippen molar-refractivity contribution >= 4 is 17.0 Å². The summed E-state index contributed by atoms with van der Waals surface area (Å²) in [6, 6.07) is 9.87. The maximum atomic E-state index is 9.21. The first-order valence-electron chi connectivity index (χ1n) is 4.12. The van der Waals surface area contributed by atoms with Crippen molar-refractivity contribution < 1.29 is 23.0 Å². The SMILES string of the molecule is COOCc1ccccc1.O=C=N[SH](=O)=O. The molecule has 0 heterocycles. The summed E-state index contributed by atoms with van der Waals surface area (Å²) in [5.74, 6) is 0. The van der Waals surface area contributed by atoms with Crippen LogP contribution in [0.25, 0.3) is 0 Å². The average molecular weight is 245 g/mol. The van der Waals surface area contributed by atoms with E-state index in [2.05, 4.69) is 9.29 Å². The molecule has 0 bridgehead atoms. The molecule has 0 aliphatic rings. The van der Waals surface area contributed by atoms with Crippen LogP contribution in [0.2, 0.25) is 0 Å². The van der Waals surface area contributed by atoms with Gasteiger partial charge in [-0.15, -0.1) is 0 Å². The smallest absolute Gasteiger partial charge is 0.240 e. The molecule has 7 heteroatoms. The van der Waals surface area contributed by atoms with E-state index in [9.17, 15) is 8.42 Å². The first kappa shape index (κ1) is 14.5. The average Bonchev–Trinajstić information content (AvgIpc) is 2.28. The van der Waals surface area contributed by atoms with Crippen molar-refractivity contribution in [1.29, 1.82) is 0 Å². The van der Waals surface area contributed by atoms with Crippen LogP contribution in [0, 0.1) is 0 Å². The number of rotatable bonds is 4. The number of nitrogens with zero attached hydrogens (tertiary/aromatic N) is 1. The molecule has 0 aliphatic heterocycles. The van der Waals surface area contributed by atoms with E-state index < -0.39 is 10.9 Å². The highest BCUT2D eigenvalue weighted by molar-refractivity contribution is 7.71. The number of benzene rings is 1. The molecule has 0 aliphatic carbocycles. The van der Waals surface area contributed by atoms with Gasteiger partial charge in [0.2, 0.25) is 0 Å². The maximum absolute atomic E-state index is 9.21. The highest BCUT2D eigenvalue weighted by atomic mass is 32.2. The number of hydrogen-bond acceptors (Lipinski definition) is 5. The van der Waals surface area contributed by atoms with Crippen LogP contribution in [-0.2, 0) is 32.1 Å². The number of thiol groups is 1. The first-order chi connectivity index (χ1) is 7.70. The van der Waals surface area contributed by atoms with Gasteiger partial charge in [-0.2, -0.15) is 0 Å². The third-order valence-corrected chi connectivity index (χ3v) is 1.55. The van der Waals surface area contributed by atoms with Crippen molar-refractivity contribution in [1.82, 2.24) is 0 Å². The van der Waals surface area contributed by atoms with Crippen molar-refractivity contribution in [3.8, 4) is 0 Å². The zero-order valence-electron chi connectivity index (χ0n) is 8.53. The third-order valence-electron chi connectivity index (χ3n) is 1.31. The van der Waals surface area contributed by atoms with Crippen LogP contribution in [0.3, 0.4) is 0 Å². The fraction of sp³-hybridized carbons (Fsp3) is 0.222.